The predicted octanol–water partition coefficient (Wildman–Crippen LogP) is 3.46. The lowest BCUT2D eigenvalue weighted by Crippen LogP contribution is -2.45. The minimum absolute atomic E-state index is 0.186. The lowest BCUT2D eigenvalue weighted by molar-refractivity contribution is 0.00956. The van der Waals surface area contributed by atoms with Crippen molar-refractivity contribution in [2.75, 3.05) is 14.2 Å². The first-order chi connectivity index (χ1) is 10.1. The van der Waals surface area contributed by atoms with E-state index in [4.69, 9.17) is 4.74 Å². The summed E-state index contributed by atoms with van der Waals surface area (Å²) in [6.07, 6.45) is 5.59. The topological polar surface area (TPSA) is 32.7 Å². The number of rotatable bonds is 6. The average Bonchev–Trinajstić information content (AvgIpc) is 2.49. The molecule has 3 unspecified atom stereocenters. The summed E-state index contributed by atoms with van der Waals surface area (Å²) in [6, 6.07) is 8.48. The maximum Gasteiger partial charge on any atom is 0.119 e. The summed E-state index contributed by atoms with van der Waals surface area (Å²) in [4.78, 5) is 2.31. The van der Waals surface area contributed by atoms with E-state index in [0.29, 0.717) is 0 Å². The van der Waals surface area contributed by atoms with Crippen LogP contribution in [0.15, 0.2) is 24.3 Å². The molecule has 0 bridgehead atoms. The molecule has 0 saturated heterocycles. The molecule has 3 heteroatoms. The van der Waals surface area contributed by atoms with Crippen LogP contribution in [0.2, 0.25) is 0 Å². The molecule has 0 radical (unpaired) electrons. The van der Waals surface area contributed by atoms with Gasteiger partial charge < -0.3 is 9.84 Å². The molecule has 3 nitrogen and oxygen atoms in total. The van der Waals surface area contributed by atoms with E-state index in [1.165, 1.54) is 24.8 Å². The summed E-state index contributed by atoms with van der Waals surface area (Å²) >= 11 is 0. The Bertz CT molecular complexity index is 435. The molecule has 1 aliphatic carbocycles. The van der Waals surface area contributed by atoms with Crippen LogP contribution in [0, 0.1) is 5.92 Å². The van der Waals surface area contributed by atoms with Crippen molar-refractivity contribution in [3.8, 4) is 5.75 Å². The Morgan fingerprint density at radius 1 is 1.33 bits per heavy atom. The Morgan fingerprint density at radius 2 is 2.14 bits per heavy atom. The molecule has 1 saturated carbocycles. The standard InChI is InChI=1S/C18H29NO2/c1-4-6-14-9-10-18(20)17(12-14)19(2)13-15-7-5-8-16(11-15)21-3/h5,7-8,11,14,17-18,20H,4,6,9-10,12-13H2,1-3H3. The molecule has 0 spiro atoms. The molecule has 1 aliphatic rings. The molecule has 21 heavy (non-hydrogen) atoms. The van der Waals surface area contributed by atoms with Crippen molar-refractivity contribution in [1.82, 2.24) is 4.90 Å². The first-order valence-corrected chi connectivity index (χ1v) is 8.15. The van der Waals surface area contributed by atoms with Crippen LogP contribution in [-0.4, -0.2) is 36.3 Å². The molecule has 0 aliphatic heterocycles. The van der Waals surface area contributed by atoms with Gasteiger partial charge in [-0.15, -0.1) is 0 Å². The fraction of sp³-hybridized carbons (Fsp3) is 0.667. The Labute approximate surface area is 128 Å². The van der Waals surface area contributed by atoms with Crippen LogP contribution in [0.3, 0.4) is 0 Å². The maximum absolute atomic E-state index is 10.3. The van der Waals surface area contributed by atoms with Gasteiger partial charge in [-0.1, -0.05) is 31.9 Å². The van der Waals surface area contributed by atoms with Crippen molar-refractivity contribution < 1.29 is 9.84 Å². The van der Waals surface area contributed by atoms with Gasteiger partial charge in [-0.2, -0.15) is 0 Å². The summed E-state index contributed by atoms with van der Waals surface area (Å²) in [5.41, 5.74) is 1.24. The number of aliphatic hydroxyl groups excluding tert-OH is 1. The third-order valence-electron chi connectivity index (χ3n) is 4.72. The smallest absolute Gasteiger partial charge is 0.119 e. The summed E-state index contributed by atoms with van der Waals surface area (Å²) in [7, 11) is 3.82. The second-order valence-electron chi connectivity index (χ2n) is 6.37. The molecule has 2 rings (SSSR count). The monoisotopic (exact) mass is 291 g/mol. The zero-order chi connectivity index (χ0) is 15.2. The largest absolute Gasteiger partial charge is 0.497 e. The SMILES string of the molecule is CCCC1CCC(O)C(N(C)Cc2cccc(OC)c2)C1. The number of aliphatic hydroxyl groups is 1. The lowest BCUT2D eigenvalue weighted by Gasteiger charge is -2.39. The van der Waals surface area contributed by atoms with Gasteiger partial charge in [0.1, 0.15) is 5.75 Å². The fourth-order valence-electron chi connectivity index (χ4n) is 3.54. The van der Waals surface area contributed by atoms with E-state index in [1.54, 1.807) is 7.11 Å². The molecular weight excluding hydrogens is 262 g/mol. The van der Waals surface area contributed by atoms with Crippen LogP contribution in [0.25, 0.3) is 0 Å². The van der Waals surface area contributed by atoms with Crippen molar-refractivity contribution in [2.24, 2.45) is 5.92 Å². The van der Waals surface area contributed by atoms with Gasteiger partial charge in [0.25, 0.3) is 0 Å². The van der Waals surface area contributed by atoms with Gasteiger partial charge >= 0.3 is 0 Å². The highest BCUT2D eigenvalue weighted by Gasteiger charge is 2.31. The Kier molecular flexibility index (Phi) is 6.07. The molecule has 0 aromatic heterocycles. The minimum atomic E-state index is -0.186. The number of methoxy groups -OCH3 is 1. The Balaban J connectivity index is 1.98. The molecule has 1 aromatic carbocycles. The van der Waals surface area contributed by atoms with E-state index in [-0.39, 0.29) is 12.1 Å². The van der Waals surface area contributed by atoms with Crippen LogP contribution in [0.5, 0.6) is 5.75 Å². The molecule has 1 aromatic rings. The molecule has 118 valence electrons. The average molecular weight is 291 g/mol. The first kappa shape index (κ1) is 16.3. The Hall–Kier alpha value is -1.06. The van der Waals surface area contributed by atoms with Gasteiger partial charge in [0.05, 0.1) is 13.2 Å². The van der Waals surface area contributed by atoms with E-state index in [9.17, 15) is 5.11 Å². The highest BCUT2D eigenvalue weighted by atomic mass is 16.5. The predicted molar refractivity (Wildman–Crippen MR) is 86.5 cm³/mol. The van der Waals surface area contributed by atoms with E-state index < -0.39 is 0 Å². The van der Waals surface area contributed by atoms with Crippen molar-refractivity contribution in [2.45, 2.75) is 57.7 Å². The number of likely N-dealkylation sites (N-methyl/N-ethyl adjacent to an activating group) is 1. The number of hydrogen-bond acceptors (Lipinski definition) is 3. The first-order valence-electron chi connectivity index (χ1n) is 8.15. The highest BCUT2D eigenvalue weighted by molar-refractivity contribution is 5.28. The quantitative estimate of drug-likeness (QED) is 0.871. The normalized spacial score (nSPS) is 26.0. The summed E-state index contributed by atoms with van der Waals surface area (Å²) in [5.74, 6) is 1.67. The second-order valence-corrected chi connectivity index (χ2v) is 6.37. The van der Waals surface area contributed by atoms with Crippen LogP contribution in [0.4, 0.5) is 0 Å². The number of benzene rings is 1. The van der Waals surface area contributed by atoms with E-state index >= 15 is 0 Å². The van der Waals surface area contributed by atoms with E-state index in [2.05, 4.69) is 31.0 Å². The van der Waals surface area contributed by atoms with Gasteiger partial charge in [0.15, 0.2) is 0 Å². The van der Waals surface area contributed by atoms with Crippen molar-refractivity contribution in [3.05, 3.63) is 29.8 Å². The fourth-order valence-corrected chi connectivity index (χ4v) is 3.54. The molecule has 0 heterocycles. The minimum Gasteiger partial charge on any atom is -0.497 e. The Morgan fingerprint density at radius 3 is 2.86 bits per heavy atom. The summed E-state index contributed by atoms with van der Waals surface area (Å²) in [6.45, 7) is 3.11. The summed E-state index contributed by atoms with van der Waals surface area (Å²) in [5, 5.41) is 10.3. The molecule has 1 fully saturated rings. The zero-order valence-corrected chi connectivity index (χ0v) is 13.6. The van der Waals surface area contributed by atoms with E-state index in [1.807, 2.05) is 12.1 Å². The van der Waals surface area contributed by atoms with Crippen LogP contribution in [-0.2, 0) is 6.54 Å². The van der Waals surface area contributed by atoms with Crippen LogP contribution >= 0.6 is 0 Å². The van der Waals surface area contributed by atoms with Gasteiger partial charge in [0, 0.05) is 12.6 Å². The van der Waals surface area contributed by atoms with E-state index in [0.717, 1.165) is 31.1 Å². The maximum atomic E-state index is 10.3. The number of ether oxygens (including phenoxy) is 1. The van der Waals surface area contributed by atoms with Crippen LogP contribution in [0.1, 0.15) is 44.6 Å². The number of hydrogen-bond donors (Lipinski definition) is 1. The van der Waals surface area contributed by atoms with Crippen LogP contribution < -0.4 is 4.74 Å². The second kappa shape index (κ2) is 7.81. The molecule has 1 N–H and O–H groups in total. The lowest BCUT2D eigenvalue weighted by atomic mass is 9.81. The van der Waals surface area contributed by atoms with Gasteiger partial charge in [-0.3, -0.25) is 4.90 Å². The van der Waals surface area contributed by atoms with Crippen molar-refractivity contribution in [3.63, 3.8) is 0 Å². The molecule has 0 amide bonds. The highest BCUT2D eigenvalue weighted by Crippen LogP contribution is 2.31. The third kappa shape index (κ3) is 4.45. The van der Waals surface area contributed by atoms with Gasteiger partial charge in [0.2, 0.25) is 0 Å². The van der Waals surface area contributed by atoms with Crippen molar-refractivity contribution >= 4 is 0 Å². The zero-order valence-electron chi connectivity index (χ0n) is 13.6. The van der Waals surface area contributed by atoms with Crippen molar-refractivity contribution in [1.29, 1.82) is 0 Å². The third-order valence-corrected chi connectivity index (χ3v) is 4.72. The van der Waals surface area contributed by atoms with Gasteiger partial charge in [-0.05, 0) is 49.9 Å². The molecular formula is C18H29NO2. The molecule has 3 atom stereocenters. The number of nitrogens with zero attached hydrogens (tertiary/aromatic N) is 1. The van der Waals surface area contributed by atoms with Gasteiger partial charge in [-0.25, -0.2) is 0 Å². The summed E-state index contributed by atoms with van der Waals surface area (Å²) < 4.78 is 5.28.